The molecule has 5 heteroatoms. The molecule has 0 radical (unpaired) electrons. The zero-order valence-electron chi connectivity index (χ0n) is 12.1. The van der Waals surface area contributed by atoms with Gasteiger partial charge in [0.2, 0.25) is 5.91 Å². The summed E-state index contributed by atoms with van der Waals surface area (Å²) >= 11 is 0. The summed E-state index contributed by atoms with van der Waals surface area (Å²) in [5.41, 5.74) is 3.60. The van der Waals surface area contributed by atoms with E-state index < -0.39 is 0 Å². The van der Waals surface area contributed by atoms with Crippen LogP contribution in [0.2, 0.25) is 0 Å². The fourth-order valence-electron chi connectivity index (χ4n) is 1.90. The molecule has 0 fully saturated rings. The third-order valence-corrected chi connectivity index (χ3v) is 2.95. The summed E-state index contributed by atoms with van der Waals surface area (Å²) in [6, 6.07) is 7.52. The zero-order valence-corrected chi connectivity index (χ0v) is 12.1. The van der Waals surface area contributed by atoms with Crippen LogP contribution in [-0.2, 0) is 4.79 Å². The summed E-state index contributed by atoms with van der Waals surface area (Å²) in [5, 5.41) is 6.02. The Morgan fingerprint density at radius 2 is 1.80 bits per heavy atom. The largest absolute Gasteiger partial charge is 0.340 e. The van der Waals surface area contributed by atoms with Gasteiger partial charge in [-0.2, -0.15) is 0 Å². The first-order valence-electron chi connectivity index (χ1n) is 6.42. The Labute approximate surface area is 118 Å². The molecule has 0 atom stereocenters. The van der Waals surface area contributed by atoms with E-state index in [-0.39, 0.29) is 5.91 Å². The fraction of sp³-hybridized carbons (Fsp3) is 0.267. The van der Waals surface area contributed by atoms with Gasteiger partial charge in [-0.15, -0.1) is 0 Å². The van der Waals surface area contributed by atoms with E-state index in [0.29, 0.717) is 0 Å². The molecule has 0 bridgehead atoms. The van der Waals surface area contributed by atoms with Crippen LogP contribution in [0, 0.1) is 20.8 Å². The topological polar surface area (TPSA) is 66.9 Å². The summed E-state index contributed by atoms with van der Waals surface area (Å²) in [4.78, 5) is 19.8. The van der Waals surface area contributed by atoms with Crippen LogP contribution >= 0.6 is 0 Å². The molecule has 1 heterocycles. The highest BCUT2D eigenvalue weighted by molar-refractivity contribution is 5.89. The van der Waals surface area contributed by atoms with Crippen molar-refractivity contribution in [3.8, 4) is 0 Å². The predicted molar refractivity (Wildman–Crippen MR) is 80.3 cm³/mol. The molecule has 0 saturated carbocycles. The maximum Gasteiger partial charge on any atom is 0.221 e. The second kappa shape index (κ2) is 5.69. The highest BCUT2D eigenvalue weighted by Crippen LogP contribution is 2.22. The summed E-state index contributed by atoms with van der Waals surface area (Å²) < 4.78 is 0. The van der Waals surface area contributed by atoms with Crippen LogP contribution in [0.15, 0.2) is 24.3 Å². The van der Waals surface area contributed by atoms with Gasteiger partial charge in [0.15, 0.2) is 0 Å². The Morgan fingerprint density at radius 3 is 2.50 bits per heavy atom. The van der Waals surface area contributed by atoms with Crippen LogP contribution < -0.4 is 10.6 Å². The zero-order chi connectivity index (χ0) is 14.7. The Hall–Kier alpha value is -2.43. The van der Waals surface area contributed by atoms with E-state index in [9.17, 15) is 4.79 Å². The lowest BCUT2D eigenvalue weighted by atomic mass is 10.2. The molecule has 1 amide bonds. The molecule has 2 N–H and O–H groups in total. The highest BCUT2D eigenvalue weighted by atomic mass is 16.1. The van der Waals surface area contributed by atoms with Crippen molar-refractivity contribution in [2.75, 3.05) is 10.6 Å². The Balaban J connectivity index is 2.28. The molecule has 1 aromatic heterocycles. The number of carbonyl (C=O) groups is 1. The van der Waals surface area contributed by atoms with Gasteiger partial charge < -0.3 is 10.6 Å². The van der Waals surface area contributed by atoms with E-state index in [2.05, 4.69) is 20.6 Å². The van der Waals surface area contributed by atoms with Gasteiger partial charge in [0.05, 0.1) is 0 Å². The number of amides is 1. The average Bonchev–Trinajstić information content (AvgIpc) is 2.35. The van der Waals surface area contributed by atoms with Gasteiger partial charge in [-0.25, -0.2) is 9.97 Å². The van der Waals surface area contributed by atoms with Crippen molar-refractivity contribution < 1.29 is 4.79 Å². The number of nitrogens with zero attached hydrogens (tertiary/aromatic N) is 2. The van der Waals surface area contributed by atoms with Crippen molar-refractivity contribution in [1.29, 1.82) is 0 Å². The van der Waals surface area contributed by atoms with Gasteiger partial charge >= 0.3 is 0 Å². The van der Waals surface area contributed by atoms with Gasteiger partial charge in [-0.3, -0.25) is 4.79 Å². The number of benzene rings is 1. The molecule has 0 unspecified atom stereocenters. The Kier molecular flexibility index (Phi) is 3.98. The number of aryl methyl sites for hydroxylation is 2. The predicted octanol–water partition coefficient (Wildman–Crippen LogP) is 3.10. The van der Waals surface area contributed by atoms with Crippen LogP contribution in [0.4, 0.5) is 17.2 Å². The first-order chi connectivity index (χ1) is 9.45. The minimum atomic E-state index is -0.0907. The number of rotatable bonds is 3. The molecule has 20 heavy (non-hydrogen) atoms. The van der Waals surface area contributed by atoms with Crippen LogP contribution in [0.5, 0.6) is 0 Å². The lowest BCUT2D eigenvalue weighted by Gasteiger charge is -2.12. The normalized spacial score (nSPS) is 10.2. The molecule has 5 nitrogen and oxygen atoms in total. The smallest absolute Gasteiger partial charge is 0.221 e. The summed E-state index contributed by atoms with van der Waals surface area (Å²) in [6.07, 6.45) is 0. The van der Waals surface area contributed by atoms with Crippen molar-refractivity contribution in [3.63, 3.8) is 0 Å². The Bertz CT molecular complexity index is 652. The van der Waals surface area contributed by atoms with E-state index in [1.165, 1.54) is 6.92 Å². The second-order valence-corrected chi connectivity index (χ2v) is 4.72. The Morgan fingerprint density at radius 1 is 1.10 bits per heavy atom. The number of hydrogen-bond donors (Lipinski definition) is 2. The molecule has 0 saturated heterocycles. The summed E-state index contributed by atoms with van der Waals surface area (Å²) in [7, 11) is 0. The second-order valence-electron chi connectivity index (χ2n) is 4.72. The lowest BCUT2D eigenvalue weighted by Crippen LogP contribution is -2.06. The van der Waals surface area contributed by atoms with Crippen LogP contribution in [0.1, 0.15) is 24.0 Å². The molecule has 0 aliphatic heterocycles. The van der Waals surface area contributed by atoms with Crippen LogP contribution in [0.25, 0.3) is 0 Å². The van der Waals surface area contributed by atoms with E-state index in [1.807, 2.05) is 45.0 Å². The first kappa shape index (κ1) is 14.0. The van der Waals surface area contributed by atoms with Gasteiger partial charge in [0.1, 0.15) is 11.6 Å². The van der Waals surface area contributed by atoms with Crippen molar-refractivity contribution in [2.24, 2.45) is 0 Å². The summed E-state index contributed by atoms with van der Waals surface area (Å²) in [5.74, 6) is 1.43. The quantitative estimate of drug-likeness (QED) is 0.899. The van der Waals surface area contributed by atoms with E-state index in [4.69, 9.17) is 0 Å². The molecule has 1 aromatic carbocycles. The maximum atomic E-state index is 11.1. The molecular weight excluding hydrogens is 252 g/mol. The van der Waals surface area contributed by atoms with Crippen LogP contribution in [-0.4, -0.2) is 15.9 Å². The van der Waals surface area contributed by atoms with Gasteiger partial charge in [0, 0.05) is 29.6 Å². The third-order valence-electron chi connectivity index (χ3n) is 2.95. The number of anilines is 3. The van der Waals surface area contributed by atoms with Gasteiger partial charge in [0.25, 0.3) is 0 Å². The lowest BCUT2D eigenvalue weighted by molar-refractivity contribution is -0.114. The van der Waals surface area contributed by atoms with Crippen molar-refractivity contribution >= 4 is 23.1 Å². The van der Waals surface area contributed by atoms with Crippen molar-refractivity contribution in [2.45, 2.75) is 27.7 Å². The first-order valence-corrected chi connectivity index (χ1v) is 6.42. The molecule has 2 aromatic rings. The standard InChI is InChI=1S/C15H18N4O/c1-9-10(2)16-11(3)17-15(9)19-14-7-5-6-13(8-14)18-12(4)20/h5-8H,1-4H3,(H,18,20)(H,16,17,19). The minimum Gasteiger partial charge on any atom is -0.340 e. The number of carbonyl (C=O) groups excluding carboxylic acids is 1. The van der Waals surface area contributed by atoms with Crippen molar-refractivity contribution in [3.05, 3.63) is 41.3 Å². The van der Waals surface area contributed by atoms with E-state index in [0.717, 1.165) is 34.3 Å². The molecular formula is C15H18N4O. The van der Waals surface area contributed by atoms with Crippen LogP contribution in [0.3, 0.4) is 0 Å². The number of hydrogen-bond acceptors (Lipinski definition) is 4. The molecule has 0 aliphatic rings. The average molecular weight is 270 g/mol. The third kappa shape index (κ3) is 3.32. The molecule has 104 valence electrons. The molecule has 0 spiro atoms. The molecule has 2 rings (SSSR count). The fourth-order valence-corrected chi connectivity index (χ4v) is 1.90. The minimum absolute atomic E-state index is 0.0907. The SMILES string of the molecule is CC(=O)Nc1cccc(Nc2nc(C)nc(C)c2C)c1. The van der Waals surface area contributed by atoms with E-state index in [1.54, 1.807) is 0 Å². The number of nitrogens with one attached hydrogen (secondary N) is 2. The maximum absolute atomic E-state index is 11.1. The summed E-state index contributed by atoms with van der Waals surface area (Å²) in [6.45, 7) is 7.30. The van der Waals surface area contributed by atoms with Crippen molar-refractivity contribution in [1.82, 2.24) is 9.97 Å². The number of aromatic nitrogens is 2. The highest BCUT2D eigenvalue weighted by Gasteiger charge is 2.06. The van der Waals surface area contributed by atoms with E-state index >= 15 is 0 Å². The molecule has 0 aliphatic carbocycles. The van der Waals surface area contributed by atoms with Gasteiger partial charge in [-0.05, 0) is 39.0 Å². The van der Waals surface area contributed by atoms with Gasteiger partial charge in [-0.1, -0.05) is 6.07 Å². The monoisotopic (exact) mass is 270 g/mol.